The first-order valence-electron chi connectivity index (χ1n) is 9.99. The van der Waals surface area contributed by atoms with Gasteiger partial charge in [0.1, 0.15) is 5.75 Å². The number of hydrogen-bond acceptors (Lipinski definition) is 6. The van der Waals surface area contributed by atoms with Crippen LogP contribution in [0, 0.1) is 16.0 Å². The fourth-order valence-corrected chi connectivity index (χ4v) is 6.86. The minimum absolute atomic E-state index is 0.00214. The molecule has 1 fully saturated rings. The van der Waals surface area contributed by atoms with Gasteiger partial charge in [-0.3, -0.25) is 14.9 Å². The minimum Gasteiger partial charge on any atom is -0.273 e. The van der Waals surface area contributed by atoms with E-state index in [9.17, 15) is 23.3 Å². The molecular formula is C22H23N3O5S. The highest BCUT2D eigenvalue weighted by molar-refractivity contribution is 7.95. The first-order valence-corrected chi connectivity index (χ1v) is 11.6. The molecule has 2 aliphatic heterocycles. The number of hydrogen-bond donors (Lipinski definition) is 1. The number of allylic oxidation sites excluding steroid dienone is 1. The largest absolute Gasteiger partial charge is 0.273 e. The molecule has 9 heteroatoms. The molecule has 0 radical (unpaired) electrons. The van der Waals surface area contributed by atoms with Gasteiger partial charge >= 0.3 is 0 Å². The summed E-state index contributed by atoms with van der Waals surface area (Å²) < 4.78 is 26.2. The van der Waals surface area contributed by atoms with Crippen LogP contribution in [0.15, 0.2) is 71.1 Å². The Bertz CT molecular complexity index is 1150. The molecule has 1 amide bonds. The number of benzene rings is 2. The van der Waals surface area contributed by atoms with Gasteiger partial charge in [0, 0.05) is 22.5 Å². The molecule has 2 aromatic rings. The predicted octanol–water partition coefficient (Wildman–Crippen LogP) is 2.67. The van der Waals surface area contributed by atoms with Crippen LogP contribution in [0.2, 0.25) is 0 Å². The van der Waals surface area contributed by atoms with Crippen molar-refractivity contribution in [3.63, 3.8) is 0 Å². The van der Waals surface area contributed by atoms with Crippen LogP contribution < -0.4 is 10.4 Å². The minimum atomic E-state index is -3.90. The third kappa shape index (κ3) is 3.64. The maximum atomic E-state index is 13.5. The molecule has 0 unspecified atom stereocenters. The van der Waals surface area contributed by atoms with E-state index < -0.39 is 38.4 Å². The molecule has 1 N–H and O–H groups in total. The van der Waals surface area contributed by atoms with E-state index in [0.29, 0.717) is 11.3 Å². The average molecular weight is 442 g/mol. The van der Waals surface area contributed by atoms with Crippen molar-refractivity contribution >= 4 is 21.4 Å². The molecule has 31 heavy (non-hydrogen) atoms. The van der Waals surface area contributed by atoms with Gasteiger partial charge in [0.25, 0.3) is 0 Å². The highest BCUT2D eigenvalue weighted by Crippen LogP contribution is 2.45. The molecule has 2 aromatic carbocycles. The number of rotatable bonds is 5. The van der Waals surface area contributed by atoms with Gasteiger partial charge in [-0.2, -0.15) is 0 Å². The number of amides is 1. The van der Waals surface area contributed by atoms with E-state index >= 15 is 0 Å². The standard InChI is InChI=1S/C22H23N3O5S/c1-14-18(25(27)28)13-31(29,30)21(14)20(16-9-5-3-6-10-16)19-15(2)23-24(22(19)26)17-11-7-4-8-12-17/h3-12,15,18-20,23H,13H2,1-2H3/t15-,18-,19+,20-/m1/s1. The van der Waals surface area contributed by atoms with Crippen LogP contribution in [-0.4, -0.2) is 37.1 Å². The number of nitrogens with one attached hydrogen (secondary N) is 1. The molecule has 4 atom stereocenters. The lowest BCUT2D eigenvalue weighted by Gasteiger charge is -2.26. The summed E-state index contributed by atoms with van der Waals surface area (Å²) in [6.45, 7) is 3.32. The second kappa shape index (κ2) is 7.90. The van der Waals surface area contributed by atoms with E-state index in [1.807, 2.05) is 25.1 Å². The number of nitro groups is 1. The third-order valence-corrected chi connectivity index (χ3v) is 8.05. The summed E-state index contributed by atoms with van der Waals surface area (Å²) in [5.41, 5.74) is 4.65. The molecule has 4 rings (SSSR count). The van der Waals surface area contributed by atoms with E-state index in [0.717, 1.165) is 0 Å². The Hall–Kier alpha value is -3.04. The first-order chi connectivity index (χ1) is 14.7. The zero-order valence-corrected chi connectivity index (χ0v) is 18.0. The third-order valence-electron chi connectivity index (χ3n) is 6.05. The molecule has 0 aliphatic carbocycles. The van der Waals surface area contributed by atoms with Gasteiger partial charge in [0.2, 0.25) is 11.9 Å². The molecule has 0 bridgehead atoms. The Morgan fingerprint density at radius 2 is 1.68 bits per heavy atom. The van der Waals surface area contributed by atoms with Crippen LogP contribution in [0.3, 0.4) is 0 Å². The lowest BCUT2D eigenvalue weighted by Crippen LogP contribution is -2.36. The monoisotopic (exact) mass is 441 g/mol. The number of carbonyl (C=O) groups excluding carboxylic acids is 1. The number of anilines is 1. The van der Waals surface area contributed by atoms with Crippen molar-refractivity contribution in [2.24, 2.45) is 5.92 Å². The second-order valence-corrected chi connectivity index (χ2v) is 9.97. The van der Waals surface area contributed by atoms with Crippen LogP contribution in [0.4, 0.5) is 5.69 Å². The molecular weight excluding hydrogens is 418 g/mol. The second-order valence-electron chi connectivity index (χ2n) is 7.97. The SMILES string of the molecule is CC1=C([C@H](c2ccccc2)[C@H]2C(=O)N(c3ccccc3)N[C@@H]2C)S(=O)(=O)C[C@H]1[N+](=O)[O-]. The summed E-state index contributed by atoms with van der Waals surface area (Å²) in [4.78, 5) is 24.5. The van der Waals surface area contributed by atoms with Crippen molar-refractivity contribution in [3.8, 4) is 0 Å². The van der Waals surface area contributed by atoms with Gasteiger partial charge in [0.05, 0.1) is 16.5 Å². The van der Waals surface area contributed by atoms with Gasteiger partial charge in [-0.05, 0) is 31.5 Å². The zero-order valence-electron chi connectivity index (χ0n) is 17.1. The van der Waals surface area contributed by atoms with Crippen LogP contribution in [0.25, 0.3) is 0 Å². The summed E-state index contributed by atoms with van der Waals surface area (Å²) >= 11 is 0. The topological polar surface area (TPSA) is 110 Å². The van der Waals surface area contributed by atoms with Gasteiger partial charge in [-0.25, -0.2) is 18.9 Å². The fraction of sp³-hybridized carbons (Fsp3) is 0.318. The fourth-order valence-electron chi connectivity index (χ4n) is 4.59. The highest BCUT2D eigenvalue weighted by Gasteiger charge is 2.52. The Labute approximate surface area is 180 Å². The maximum Gasteiger partial charge on any atom is 0.249 e. The average Bonchev–Trinajstić information content (AvgIpc) is 3.17. The summed E-state index contributed by atoms with van der Waals surface area (Å²) in [5.74, 6) is -2.41. The smallest absolute Gasteiger partial charge is 0.249 e. The number of sulfone groups is 1. The van der Waals surface area contributed by atoms with Crippen LogP contribution in [0.5, 0.6) is 0 Å². The summed E-state index contributed by atoms with van der Waals surface area (Å²) in [5, 5.41) is 12.9. The van der Waals surface area contributed by atoms with Crippen LogP contribution in [0.1, 0.15) is 25.3 Å². The van der Waals surface area contributed by atoms with Crippen molar-refractivity contribution < 1.29 is 18.1 Å². The lowest BCUT2D eigenvalue weighted by atomic mass is 9.80. The van der Waals surface area contributed by atoms with Crippen molar-refractivity contribution in [2.75, 3.05) is 10.8 Å². The zero-order chi connectivity index (χ0) is 22.3. The highest BCUT2D eigenvalue weighted by atomic mass is 32.2. The Balaban J connectivity index is 1.86. The molecule has 162 valence electrons. The van der Waals surface area contributed by atoms with Gasteiger partial charge in [-0.1, -0.05) is 48.5 Å². The molecule has 2 heterocycles. The Kier molecular flexibility index (Phi) is 5.40. The van der Waals surface area contributed by atoms with Crippen molar-refractivity contribution in [3.05, 3.63) is 86.8 Å². The molecule has 0 spiro atoms. The predicted molar refractivity (Wildman–Crippen MR) is 116 cm³/mol. The van der Waals surface area contributed by atoms with Crippen molar-refractivity contribution in [2.45, 2.75) is 31.8 Å². The number of carbonyl (C=O) groups is 1. The number of para-hydroxylation sites is 1. The van der Waals surface area contributed by atoms with E-state index in [1.54, 1.807) is 42.5 Å². The molecule has 8 nitrogen and oxygen atoms in total. The maximum absolute atomic E-state index is 13.5. The van der Waals surface area contributed by atoms with E-state index in [2.05, 4.69) is 5.43 Å². The van der Waals surface area contributed by atoms with Gasteiger partial charge in [-0.15, -0.1) is 0 Å². The number of nitrogens with zero attached hydrogens (tertiary/aromatic N) is 2. The van der Waals surface area contributed by atoms with Crippen LogP contribution >= 0.6 is 0 Å². The van der Waals surface area contributed by atoms with Crippen molar-refractivity contribution in [1.29, 1.82) is 0 Å². The molecule has 0 aromatic heterocycles. The van der Waals surface area contributed by atoms with E-state index in [-0.39, 0.29) is 22.4 Å². The summed E-state index contributed by atoms with van der Waals surface area (Å²) in [7, 11) is -3.90. The van der Waals surface area contributed by atoms with E-state index in [4.69, 9.17) is 0 Å². The van der Waals surface area contributed by atoms with E-state index in [1.165, 1.54) is 11.9 Å². The molecule has 0 saturated carbocycles. The summed E-state index contributed by atoms with van der Waals surface area (Å²) in [6.07, 6.45) is 0. The molecule has 2 aliphatic rings. The van der Waals surface area contributed by atoms with Crippen LogP contribution in [-0.2, 0) is 14.6 Å². The molecule has 1 saturated heterocycles. The normalized spacial score (nSPS) is 26.3. The lowest BCUT2D eigenvalue weighted by molar-refractivity contribution is -0.505. The summed E-state index contributed by atoms with van der Waals surface area (Å²) in [6, 6.07) is 16.3. The quantitative estimate of drug-likeness (QED) is 0.564. The Morgan fingerprint density at radius 1 is 1.10 bits per heavy atom. The number of hydrazine groups is 1. The first kappa shape index (κ1) is 21.2. The van der Waals surface area contributed by atoms with Gasteiger partial charge in [0.15, 0.2) is 9.84 Å². The van der Waals surface area contributed by atoms with Crippen molar-refractivity contribution in [1.82, 2.24) is 5.43 Å². The van der Waals surface area contributed by atoms with Gasteiger partial charge < -0.3 is 0 Å². The Morgan fingerprint density at radius 3 is 2.23 bits per heavy atom.